The van der Waals surface area contributed by atoms with Crippen molar-refractivity contribution in [1.29, 1.82) is 0 Å². The Morgan fingerprint density at radius 1 is 0.818 bits per heavy atom. The van der Waals surface area contributed by atoms with E-state index in [-0.39, 0.29) is 36.6 Å². The van der Waals surface area contributed by atoms with Crippen LogP contribution in [-0.4, -0.2) is 28.8 Å². The fraction of sp³-hybridized carbons (Fsp3) is 0.286. The first-order valence-corrected chi connectivity index (χ1v) is 11.3. The number of aryl methyl sites for hydroxylation is 1. The molecule has 1 N–H and O–H groups in total. The molecule has 0 aliphatic heterocycles. The maximum atomic E-state index is 13.5. The van der Waals surface area contributed by atoms with Gasteiger partial charge in [0, 0.05) is 25.4 Å². The van der Waals surface area contributed by atoms with Gasteiger partial charge in [-0.15, -0.1) is 0 Å². The number of amides is 2. The van der Waals surface area contributed by atoms with Gasteiger partial charge in [-0.25, -0.2) is 4.39 Å². The summed E-state index contributed by atoms with van der Waals surface area (Å²) >= 11 is 0. The average molecular weight is 447 g/mol. The van der Waals surface area contributed by atoms with E-state index in [4.69, 9.17) is 0 Å². The van der Waals surface area contributed by atoms with Crippen LogP contribution in [0.2, 0.25) is 0 Å². The molecule has 0 aliphatic carbocycles. The second-order valence-corrected chi connectivity index (χ2v) is 8.50. The average Bonchev–Trinajstić information content (AvgIpc) is 2.82. The van der Waals surface area contributed by atoms with Crippen LogP contribution in [-0.2, 0) is 29.0 Å². The summed E-state index contributed by atoms with van der Waals surface area (Å²) in [6.45, 7) is 4.04. The van der Waals surface area contributed by atoms with Gasteiger partial charge in [-0.05, 0) is 49.1 Å². The van der Waals surface area contributed by atoms with Crippen molar-refractivity contribution in [2.75, 3.05) is 0 Å². The van der Waals surface area contributed by atoms with E-state index in [1.165, 1.54) is 12.1 Å². The molecular formula is C28H31FN2O2. The lowest BCUT2D eigenvalue weighted by Crippen LogP contribution is -2.51. The van der Waals surface area contributed by atoms with E-state index in [9.17, 15) is 14.0 Å². The first kappa shape index (κ1) is 24.2. The van der Waals surface area contributed by atoms with Crippen molar-refractivity contribution in [3.63, 3.8) is 0 Å². The molecule has 1 atom stereocenters. The number of nitrogens with one attached hydrogen (secondary N) is 1. The highest BCUT2D eigenvalue weighted by atomic mass is 19.1. The third kappa shape index (κ3) is 7.56. The Kier molecular flexibility index (Phi) is 8.76. The second kappa shape index (κ2) is 12.0. The molecule has 0 aliphatic rings. The van der Waals surface area contributed by atoms with E-state index < -0.39 is 6.04 Å². The van der Waals surface area contributed by atoms with Crippen LogP contribution < -0.4 is 5.32 Å². The van der Waals surface area contributed by atoms with Crippen molar-refractivity contribution in [2.45, 2.75) is 51.7 Å². The summed E-state index contributed by atoms with van der Waals surface area (Å²) in [6, 6.07) is 24.9. The van der Waals surface area contributed by atoms with Gasteiger partial charge in [0.1, 0.15) is 11.9 Å². The molecule has 0 unspecified atom stereocenters. The molecule has 3 aromatic rings. The smallest absolute Gasteiger partial charge is 0.243 e. The highest BCUT2D eigenvalue weighted by molar-refractivity contribution is 5.88. The SMILES string of the molecule is CC(C)NC(=O)[C@H](Cc1ccccc1)N(Cc1ccc(F)cc1)C(=O)CCc1ccccc1. The molecule has 0 bridgehead atoms. The van der Waals surface area contributed by atoms with Crippen molar-refractivity contribution in [2.24, 2.45) is 0 Å². The van der Waals surface area contributed by atoms with Crippen molar-refractivity contribution in [1.82, 2.24) is 10.2 Å². The monoisotopic (exact) mass is 446 g/mol. The van der Waals surface area contributed by atoms with Gasteiger partial charge in [-0.2, -0.15) is 0 Å². The summed E-state index contributed by atoms with van der Waals surface area (Å²) in [5, 5.41) is 2.97. The van der Waals surface area contributed by atoms with Gasteiger partial charge in [0.25, 0.3) is 0 Å². The van der Waals surface area contributed by atoms with Crippen LogP contribution in [0.5, 0.6) is 0 Å². The van der Waals surface area contributed by atoms with Gasteiger partial charge in [0.05, 0.1) is 0 Å². The van der Waals surface area contributed by atoms with Crippen LogP contribution in [0.25, 0.3) is 0 Å². The first-order chi connectivity index (χ1) is 15.9. The van der Waals surface area contributed by atoms with Gasteiger partial charge in [-0.1, -0.05) is 72.8 Å². The Hall–Kier alpha value is -3.47. The third-order valence-corrected chi connectivity index (χ3v) is 5.44. The zero-order valence-corrected chi connectivity index (χ0v) is 19.2. The number of benzene rings is 3. The van der Waals surface area contributed by atoms with Crippen molar-refractivity contribution >= 4 is 11.8 Å². The molecule has 0 saturated heterocycles. The lowest BCUT2D eigenvalue weighted by atomic mass is 10.0. The standard InChI is InChI=1S/C28H31FN2O2/c1-21(2)30-28(33)26(19-23-11-7-4-8-12-23)31(20-24-13-16-25(29)17-14-24)27(32)18-15-22-9-5-3-6-10-22/h3-14,16-17,21,26H,15,18-20H2,1-2H3,(H,30,33)/t26-/m0/s1. The minimum Gasteiger partial charge on any atom is -0.352 e. The lowest BCUT2D eigenvalue weighted by molar-refractivity contribution is -0.141. The summed E-state index contributed by atoms with van der Waals surface area (Å²) in [7, 11) is 0. The van der Waals surface area contributed by atoms with Crippen LogP contribution >= 0.6 is 0 Å². The largest absolute Gasteiger partial charge is 0.352 e. The van der Waals surface area contributed by atoms with Crippen LogP contribution in [0.4, 0.5) is 4.39 Å². The predicted molar refractivity (Wildman–Crippen MR) is 129 cm³/mol. The maximum absolute atomic E-state index is 13.5. The molecule has 0 fully saturated rings. The van der Waals surface area contributed by atoms with E-state index in [0.717, 1.165) is 16.7 Å². The number of carbonyl (C=O) groups is 2. The van der Waals surface area contributed by atoms with Crippen LogP contribution in [0.3, 0.4) is 0 Å². The fourth-order valence-corrected chi connectivity index (χ4v) is 3.76. The Morgan fingerprint density at radius 2 is 1.39 bits per heavy atom. The molecule has 0 aromatic heterocycles. The van der Waals surface area contributed by atoms with E-state index in [0.29, 0.717) is 12.8 Å². The van der Waals surface area contributed by atoms with Crippen LogP contribution in [0.15, 0.2) is 84.9 Å². The highest BCUT2D eigenvalue weighted by Crippen LogP contribution is 2.17. The summed E-state index contributed by atoms with van der Waals surface area (Å²) in [6.07, 6.45) is 1.27. The number of nitrogens with zero attached hydrogens (tertiary/aromatic N) is 1. The number of carbonyl (C=O) groups excluding carboxylic acids is 2. The van der Waals surface area contributed by atoms with Crippen molar-refractivity contribution in [3.05, 3.63) is 107 Å². The minimum atomic E-state index is -0.678. The Bertz CT molecular complexity index is 1020. The molecule has 4 nitrogen and oxygen atoms in total. The third-order valence-electron chi connectivity index (χ3n) is 5.44. The summed E-state index contributed by atoms with van der Waals surface area (Å²) in [5.41, 5.74) is 2.82. The Balaban J connectivity index is 1.89. The zero-order chi connectivity index (χ0) is 23.6. The molecule has 33 heavy (non-hydrogen) atoms. The number of rotatable bonds is 10. The molecule has 172 valence electrons. The van der Waals surface area contributed by atoms with E-state index >= 15 is 0 Å². The van der Waals surface area contributed by atoms with Gasteiger partial charge in [0.2, 0.25) is 11.8 Å². The molecule has 0 radical (unpaired) electrons. The van der Waals surface area contributed by atoms with Crippen molar-refractivity contribution < 1.29 is 14.0 Å². The minimum absolute atomic E-state index is 0.0529. The molecule has 5 heteroatoms. The molecule has 2 amide bonds. The van der Waals surface area contributed by atoms with E-state index in [2.05, 4.69) is 5.32 Å². The number of hydrogen-bond acceptors (Lipinski definition) is 2. The molecule has 3 rings (SSSR count). The highest BCUT2D eigenvalue weighted by Gasteiger charge is 2.30. The van der Waals surface area contributed by atoms with Crippen molar-refractivity contribution in [3.8, 4) is 0 Å². The normalized spacial score (nSPS) is 11.8. The topological polar surface area (TPSA) is 49.4 Å². The number of halogens is 1. The zero-order valence-electron chi connectivity index (χ0n) is 19.2. The van der Waals surface area contributed by atoms with E-state index in [1.54, 1.807) is 17.0 Å². The maximum Gasteiger partial charge on any atom is 0.243 e. The molecule has 0 heterocycles. The first-order valence-electron chi connectivity index (χ1n) is 11.3. The van der Waals surface area contributed by atoms with Gasteiger partial charge >= 0.3 is 0 Å². The fourth-order valence-electron chi connectivity index (χ4n) is 3.76. The van der Waals surface area contributed by atoms with Crippen LogP contribution in [0, 0.1) is 5.82 Å². The molecule has 0 spiro atoms. The van der Waals surface area contributed by atoms with Gasteiger partial charge in [-0.3, -0.25) is 9.59 Å². The summed E-state index contributed by atoms with van der Waals surface area (Å²) in [4.78, 5) is 28.4. The molecule has 3 aromatic carbocycles. The summed E-state index contributed by atoms with van der Waals surface area (Å²) in [5.74, 6) is -0.633. The lowest BCUT2D eigenvalue weighted by Gasteiger charge is -2.32. The van der Waals surface area contributed by atoms with Gasteiger partial charge < -0.3 is 10.2 Å². The molecular weight excluding hydrogens is 415 g/mol. The Morgan fingerprint density at radius 3 is 1.97 bits per heavy atom. The van der Waals surface area contributed by atoms with Gasteiger partial charge in [0.15, 0.2) is 0 Å². The number of hydrogen-bond donors (Lipinski definition) is 1. The van der Waals surface area contributed by atoms with Crippen LogP contribution in [0.1, 0.15) is 37.0 Å². The second-order valence-electron chi connectivity index (χ2n) is 8.50. The van der Waals surface area contributed by atoms with E-state index in [1.807, 2.05) is 74.5 Å². The Labute approximate surface area is 195 Å². The molecule has 0 saturated carbocycles. The predicted octanol–water partition coefficient (Wildman–Crippen LogP) is 4.92. The quantitative estimate of drug-likeness (QED) is 0.480. The summed E-state index contributed by atoms with van der Waals surface area (Å²) < 4.78 is 13.5.